The number of hydrogen-bond acceptors (Lipinski definition) is 6. The summed E-state index contributed by atoms with van der Waals surface area (Å²) in [4.78, 5) is 36.9. The first kappa shape index (κ1) is 24.1. The van der Waals surface area contributed by atoms with Crippen LogP contribution in [0.4, 0.5) is 0 Å². The molecular weight excluding hydrogens is 452 g/mol. The molecule has 0 heterocycles. The average molecular weight is 477 g/mol. The second-order valence-corrected chi connectivity index (χ2v) is 9.78. The van der Waals surface area contributed by atoms with Crippen molar-refractivity contribution in [2.45, 2.75) is 45.4 Å². The highest BCUT2D eigenvalue weighted by atomic mass is 79.9. The van der Waals surface area contributed by atoms with Gasteiger partial charge in [-0.05, 0) is 55.3 Å². The van der Waals surface area contributed by atoms with Crippen LogP contribution >= 0.6 is 15.9 Å². The molecule has 0 saturated carbocycles. The van der Waals surface area contributed by atoms with Gasteiger partial charge in [-0.25, -0.2) is 13.2 Å². The van der Waals surface area contributed by atoms with Crippen LogP contribution in [0, 0.1) is 0 Å². The van der Waals surface area contributed by atoms with E-state index in [1.165, 1.54) is 6.92 Å². The molecule has 0 aromatic heterocycles. The summed E-state index contributed by atoms with van der Waals surface area (Å²) in [7, 11) is -3.37. The molecule has 2 amide bonds. The number of carbonyl (C=O) groups excluding carboxylic acids is 3. The highest BCUT2D eigenvalue weighted by molar-refractivity contribution is 9.10. The Bertz CT molecular complexity index is 825. The monoisotopic (exact) mass is 476 g/mol. The standard InChI is InChI=1S/C18H25BrN2O6S/c1-11(2)20-16(22)12(3)27-18(24)15(9-10-28(4,25)26)21-17(23)13-7-5-6-8-14(13)19/h5-8,11-12,15H,9-10H2,1-4H3,(H,20,22)(H,21,23)/t12-,15+/m1/s1. The summed E-state index contributed by atoms with van der Waals surface area (Å²) in [5.41, 5.74) is 0.283. The van der Waals surface area contributed by atoms with Crippen molar-refractivity contribution in [1.82, 2.24) is 10.6 Å². The molecule has 0 saturated heterocycles. The molecule has 10 heteroatoms. The molecular formula is C18H25BrN2O6S. The molecule has 1 aromatic carbocycles. The summed E-state index contributed by atoms with van der Waals surface area (Å²) in [5.74, 6) is -2.25. The molecule has 8 nitrogen and oxygen atoms in total. The van der Waals surface area contributed by atoms with Gasteiger partial charge in [0.25, 0.3) is 11.8 Å². The SMILES string of the molecule is CC(C)NC(=O)[C@@H](C)OC(=O)[C@H](CCS(C)(=O)=O)NC(=O)c1ccccc1Br. The number of benzene rings is 1. The van der Waals surface area contributed by atoms with E-state index in [2.05, 4.69) is 26.6 Å². The minimum Gasteiger partial charge on any atom is -0.451 e. The molecule has 0 spiro atoms. The molecule has 2 N–H and O–H groups in total. The highest BCUT2D eigenvalue weighted by Gasteiger charge is 2.28. The van der Waals surface area contributed by atoms with Crippen molar-refractivity contribution in [1.29, 1.82) is 0 Å². The van der Waals surface area contributed by atoms with E-state index in [0.29, 0.717) is 4.47 Å². The van der Waals surface area contributed by atoms with Crippen molar-refractivity contribution >= 4 is 43.6 Å². The number of ether oxygens (including phenoxy) is 1. The molecule has 0 aliphatic heterocycles. The molecule has 1 rings (SSSR count). The summed E-state index contributed by atoms with van der Waals surface area (Å²) in [5, 5.41) is 5.10. The lowest BCUT2D eigenvalue weighted by molar-refractivity contribution is -0.156. The minimum atomic E-state index is -3.37. The first-order valence-corrected chi connectivity index (χ1v) is 11.5. The third-order valence-corrected chi connectivity index (χ3v) is 5.25. The Balaban J connectivity index is 2.92. The lowest BCUT2D eigenvalue weighted by atomic mass is 10.1. The minimum absolute atomic E-state index is 0.134. The number of rotatable bonds is 9. The largest absolute Gasteiger partial charge is 0.451 e. The van der Waals surface area contributed by atoms with E-state index in [4.69, 9.17) is 4.74 Å². The zero-order valence-corrected chi connectivity index (χ0v) is 18.6. The number of halogens is 1. The van der Waals surface area contributed by atoms with Gasteiger partial charge in [0.1, 0.15) is 15.9 Å². The highest BCUT2D eigenvalue weighted by Crippen LogP contribution is 2.16. The van der Waals surface area contributed by atoms with Gasteiger partial charge in [-0.3, -0.25) is 9.59 Å². The molecule has 0 radical (unpaired) electrons. The Hall–Kier alpha value is -1.94. The van der Waals surface area contributed by atoms with Crippen molar-refractivity contribution in [3.05, 3.63) is 34.3 Å². The molecule has 1 aromatic rings. The van der Waals surface area contributed by atoms with Gasteiger partial charge in [0.05, 0.1) is 11.3 Å². The third kappa shape index (κ3) is 8.39. The van der Waals surface area contributed by atoms with Crippen LogP contribution in [-0.2, 0) is 24.2 Å². The van der Waals surface area contributed by atoms with E-state index in [-0.39, 0.29) is 23.8 Å². The topological polar surface area (TPSA) is 119 Å². The summed E-state index contributed by atoms with van der Waals surface area (Å²) >= 11 is 3.25. The number of amides is 2. The molecule has 0 aliphatic carbocycles. The van der Waals surface area contributed by atoms with E-state index in [9.17, 15) is 22.8 Å². The van der Waals surface area contributed by atoms with Crippen LogP contribution in [0.25, 0.3) is 0 Å². The van der Waals surface area contributed by atoms with Gasteiger partial charge >= 0.3 is 5.97 Å². The third-order valence-electron chi connectivity index (χ3n) is 3.58. The van der Waals surface area contributed by atoms with Crippen LogP contribution in [0.1, 0.15) is 37.6 Å². The fourth-order valence-corrected chi connectivity index (χ4v) is 3.30. The van der Waals surface area contributed by atoms with Gasteiger partial charge in [-0.2, -0.15) is 0 Å². The molecule has 2 atom stereocenters. The molecule has 0 bridgehead atoms. The quantitative estimate of drug-likeness (QED) is 0.520. The summed E-state index contributed by atoms with van der Waals surface area (Å²) in [6.07, 6.45) is -0.230. The van der Waals surface area contributed by atoms with Crippen molar-refractivity contribution in [3.63, 3.8) is 0 Å². The van der Waals surface area contributed by atoms with Gasteiger partial charge in [0, 0.05) is 16.8 Å². The number of carbonyl (C=O) groups is 3. The Morgan fingerprint density at radius 2 is 1.71 bits per heavy atom. The van der Waals surface area contributed by atoms with Gasteiger partial charge in [0.2, 0.25) is 0 Å². The van der Waals surface area contributed by atoms with Crippen molar-refractivity contribution < 1.29 is 27.5 Å². The smallest absolute Gasteiger partial charge is 0.329 e. The van der Waals surface area contributed by atoms with Crippen LogP contribution in [0.5, 0.6) is 0 Å². The van der Waals surface area contributed by atoms with E-state index < -0.39 is 39.8 Å². The van der Waals surface area contributed by atoms with Crippen LogP contribution in [-0.4, -0.2) is 56.4 Å². The summed E-state index contributed by atoms with van der Waals surface area (Å²) < 4.78 is 28.6. The van der Waals surface area contributed by atoms with E-state index >= 15 is 0 Å². The van der Waals surface area contributed by atoms with Gasteiger partial charge < -0.3 is 15.4 Å². The molecule has 28 heavy (non-hydrogen) atoms. The zero-order valence-electron chi connectivity index (χ0n) is 16.2. The van der Waals surface area contributed by atoms with Crippen LogP contribution in [0.15, 0.2) is 28.7 Å². The molecule has 156 valence electrons. The molecule has 0 fully saturated rings. The second kappa shape index (κ2) is 10.6. The van der Waals surface area contributed by atoms with E-state index in [1.807, 2.05) is 0 Å². The number of esters is 1. The Labute approximate surface area is 173 Å². The number of sulfone groups is 1. The fourth-order valence-electron chi connectivity index (χ4n) is 2.17. The van der Waals surface area contributed by atoms with E-state index in [0.717, 1.165) is 6.26 Å². The van der Waals surface area contributed by atoms with Gasteiger partial charge in [0.15, 0.2) is 6.10 Å². The zero-order chi connectivity index (χ0) is 21.5. The second-order valence-electron chi connectivity index (χ2n) is 6.67. The van der Waals surface area contributed by atoms with Crippen molar-refractivity contribution in [2.75, 3.05) is 12.0 Å². The van der Waals surface area contributed by atoms with Gasteiger partial charge in [-0.1, -0.05) is 12.1 Å². The van der Waals surface area contributed by atoms with Crippen LogP contribution in [0.3, 0.4) is 0 Å². The average Bonchev–Trinajstić information content (AvgIpc) is 2.57. The van der Waals surface area contributed by atoms with Gasteiger partial charge in [-0.15, -0.1) is 0 Å². The Morgan fingerprint density at radius 3 is 2.25 bits per heavy atom. The summed E-state index contributed by atoms with van der Waals surface area (Å²) in [6.45, 7) is 4.93. The first-order valence-electron chi connectivity index (χ1n) is 8.64. The van der Waals surface area contributed by atoms with E-state index in [1.54, 1.807) is 38.1 Å². The molecule has 0 aliphatic rings. The maximum atomic E-state index is 12.5. The van der Waals surface area contributed by atoms with Crippen molar-refractivity contribution in [3.8, 4) is 0 Å². The number of hydrogen-bond donors (Lipinski definition) is 2. The Morgan fingerprint density at radius 1 is 1.11 bits per heavy atom. The number of nitrogens with one attached hydrogen (secondary N) is 2. The first-order chi connectivity index (χ1) is 12.9. The maximum Gasteiger partial charge on any atom is 0.329 e. The predicted octanol–water partition coefficient (Wildman–Crippen LogP) is 1.44. The summed E-state index contributed by atoms with van der Waals surface area (Å²) in [6, 6.07) is 5.25. The maximum absolute atomic E-state index is 12.5. The lowest BCUT2D eigenvalue weighted by Crippen LogP contribution is -2.46. The molecule has 0 unspecified atom stereocenters. The van der Waals surface area contributed by atoms with Crippen LogP contribution in [0.2, 0.25) is 0 Å². The Kier molecular flexibility index (Phi) is 9.09. The van der Waals surface area contributed by atoms with Crippen LogP contribution < -0.4 is 10.6 Å². The predicted molar refractivity (Wildman–Crippen MR) is 109 cm³/mol. The van der Waals surface area contributed by atoms with Crippen molar-refractivity contribution in [2.24, 2.45) is 0 Å². The normalized spacial score (nSPS) is 13.5. The lowest BCUT2D eigenvalue weighted by Gasteiger charge is -2.21. The fraction of sp³-hybridized carbons (Fsp3) is 0.500.